The number of alkyl halides is 1. The predicted molar refractivity (Wildman–Crippen MR) is 188 cm³/mol. The molecule has 7 atom stereocenters. The number of fused-ring (bicyclic) bond motifs is 3. The van der Waals surface area contributed by atoms with Gasteiger partial charge in [-0.2, -0.15) is 0 Å². The average molecular weight is 764 g/mol. The van der Waals surface area contributed by atoms with Gasteiger partial charge in [-0.15, -0.1) is 0 Å². The second-order valence-electron chi connectivity index (χ2n) is 14.6. The lowest BCUT2D eigenvalue weighted by Gasteiger charge is -2.32. The Morgan fingerprint density at radius 3 is 2.62 bits per heavy atom. The fourth-order valence-corrected chi connectivity index (χ4v) is 9.05. The number of nitrogens with zero attached hydrogens (tertiary/aromatic N) is 2. The molecule has 1 saturated heterocycles. The van der Waals surface area contributed by atoms with Crippen molar-refractivity contribution in [3.8, 4) is 11.6 Å². The highest BCUT2D eigenvalue weighted by atomic mass is 35.5. The van der Waals surface area contributed by atoms with E-state index in [1.165, 1.54) is 12.0 Å². The summed E-state index contributed by atoms with van der Waals surface area (Å²) < 4.78 is 51.9. The maximum absolute atomic E-state index is 14.3. The molecule has 14 nitrogen and oxygen atoms in total. The van der Waals surface area contributed by atoms with Crippen molar-refractivity contribution < 1.29 is 46.6 Å². The van der Waals surface area contributed by atoms with Gasteiger partial charge in [-0.25, -0.2) is 22.6 Å². The summed E-state index contributed by atoms with van der Waals surface area (Å²) >= 11 is 6.34. The number of amides is 4. The van der Waals surface area contributed by atoms with Crippen molar-refractivity contribution in [2.45, 2.75) is 87.3 Å². The molecule has 0 spiro atoms. The Balaban J connectivity index is 1.34. The Labute approximate surface area is 305 Å². The molecule has 4 amide bonds. The summed E-state index contributed by atoms with van der Waals surface area (Å²) in [5.41, 5.74) is -1.68. The van der Waals surface area contributed by atoms with E-state index in [9.17, 15) is 37.1 Å². The number of benzene rings is 1. The molecule has 0 unspecified atom stereocenters. The van der Waals surface area contributed by atoms with E-state index in [0.29, 0.717) is 35.8 Å². The molecule has 2 aromatic rings. The van der Waals surface area contributed by atoms with Crippen LogP contribution in [0.5, 0.6) is 11.6 Å². The van der Waals surface area contributed by atoms with Crippen LogP contribution in [-0.4, -0.2) is 96.0 Å². The molecule has 2 aliphatic heterocycles. The van der Waals surface area contributed by atoms with E-state index in [2.05, 4.69) is 15.6 Å². The van der Waals surface area contributed by atoms with E-state index in [1.54, 1.807) is 37.3 Å². The van der Waals surface area contributed by atoms with Crippen LogP contribution in [0.1, 0.15) is 58.8 Å². The van der Waals surface area contributed by atoms with Crippen LogP contribution in [0.15, 0.2) is 36.4 Å². The molecule has 52 heavy (non-hydrogen) atoms. The van der Waals surface area contributed by atoms with Crippen LogP contribution in [-0.2, 0) is 24.4 Å². The van der Waals surface area contributed by atoms with Gasteiger partial charge in [0.1, 0.15) is 46.1 Å². The van der Waals surface area contributed by atoms with Gasteiger partial charge in [0.15, 0.2) is 0 Å². The zero-order valence-corrected chi connectivity index (χ0v) is 30.6. The topological polar surface area (TPSA) is 193 Å². The molecular weight excluding hydrogens is 721 g/mol. The summed E-state index contributed by atoms with van der Waals surface area (Å²) in [6.07, 6.45) is 3.34. The molecule has 4 N–H and O–H groups in total. The molecule has 17 heteroatoms. The van der Waals surface area contributed by atoms with Gasteiger partial charge >= 0.3 is 6.09 Å². The summed E-state index contributed by atoms with van der Waals surface area (Å²) in [5, 5.41) is 16.2. The number of carbonyl (C=O) groups excluding carboxylic acids is 3. The number of allylic oxidation sites excluding steroid dienone is 1. The second kappa shape index (κ2) is 14.3. The Hall–Kier alpha value is -4.18. The number of aromatic nitrogens is 1. The van der Waals surface area contributed by atoms with Crippen LogP contribution < -0.4 is 24.8 Å². The minimum atomic E-state index is -4.39. The van der Waals surface area contributed by atoms with Crippen molar-refractivity contribution in [3.63, 3.8) is 0 Å². The lowest BCUT2D eigenvalue weighted by molar-refractivity contribution is -0.142. The van der Waals surface area contributed by atoms with Crippen LogP contribution in [0.3, 0.4) is 0 Å². The molecular formula is C35H43ClFN5O9S. The van der Waals surface area contributed by atoms with Crippen LogP contribution in [0, 0.1) is 17.8 Å². The average Bonchev–Trinajstić information content (AvgIpc) is 3.99. The van der Waals surface area contributed by atoms with E-state index in [0.717, 1.165) is 0 Å². The fraction of sp³-hybridized carbons (Fsp3) is 0.571. The maximum atomic E-state index is 14.3. The van der Waals surface area contributed by atoms with Crippen LogP contribution in [0.2, 0.25) is 5.15 Å². The number of ether oxygens (including phenoxy) is 2. The van der Waals surface area contributed by atoms with Crippen molar-refractivity contribution in [1.82, 2.24) is 25.2 Å². The molecule has 0 bridgehead atoms. The van der Waals surface area contributed by atoms with E-state index in [4.69, 9.17) is 21.1 Å². The van der Waals surface area contributed by atoms with Gasteiger partial charge in [0.25, 0.3) is 5.91 Å². The minimum absolute atomic E-state index is 0.0712. The molecule has 282 valence electrons. The maximum Gasteiger partial charge on any atom is 0.405 e. The number of hydrogen-bond acceptors (Lipinski definition) is 9. The molecule has 2 aliphatic carbocycles. The molecule has 0 radical (unpaired) electrons. The first-order valence-corrected chi connectivity index (χ1v) is 19.2. The lowest BCUT2D eigenvalue weighted by atomic mass is 9.88. The first-order chi connectivity index (χ1) is 24.6. The number of hydrogen-bond donors (Lipinski definition) is 4. The number of pyridine rings is 1. The van der Waals surface area contributed by atoms with Crippen molar-refractivity contribution >= 4 is 56.2 Å². The highest BCUT2D eigenvalue weighted by molar-refractivity contribution is 7.91. The van der Waals surface area contributed by atoms with E-state index in [1.807, 2.05) is 17.7 Å². The first-order valence-electron chi connectivity index (χ1n) is 17.3. The molecule has 4 aliphatic rings. The predicted octanol–water partition coefficient (Wildman–Crippen LogP) is 3.72. The van der Waals surface area contributed by atoms with Crippen molar-refractivity contribution in [2.75, 3.05) is 20.3 Å². The number of nitrogens with one attached hydrogen (secondary N) is 3. The van der Waals surface area contributed by atoms with Gasteiger partial charge in [0, 0.05) is 17.7 Å². The van der Waals surface area contributed by atoms with Crippen LogP contribution >= 0.6 is 11.6 Å². The summed E-state index contributed by atoms with van der Waals surface area (Å²) in [4.78, 5) is 60.0. The second-order valence-corrected chi connectivity index (χ2v) is 17.1. The van der Waals surface area contributed by atoms with Crippen LogP contribution in [0.25, 0.3) is 10.8 Å². The molecule has 6 rings (SSSR count). The largest absolute Gasteiger partial charge is 0.497 e. The first kappa shape index (κ1) is 37.6. The molecule has 1 aromatic carbocycles. The number of methoxy groups -OCH3 is 1. The lowest BCUT2D eigenvalue weighted by Crippen LogP contribution is -2.59. The number of halogens is 2. The Bertz CT molecular complexity index is 1910. The number of carboxylic acid groups (broad SMARTS) is 1. The molecule has 3 heterocycles. The molecule has 1 aromatic heterocycles. The zero-order valence-electron chi connectivity index (χ0n) is 29.1. The zero-order chi connectivity index (χ0) is 37.6. The van der Waals surface area contributed by atoms with Gasteiger partial charge in [-0.3, -0.25) is 19.1 Å². The minimum Gasteiger partial charge on any atom is -0.497 e. The van der Waals surface area contributed by atoms with Gasteiger partial charge in [-0.1, -0.05) is 37.6 Å². The Morgan fingerprint density at radius 2 is 1.94 bits per heavy atom. The third kappa shape index (κ3) is 7.36. The summed E-state index contributed by atoms with van der Waals surface area (Å²) in [6.45, 7) is 2.48. The quantitative estimate of drug-likeness (QED) is 0.228. The van der Waals surface area contributed by atoms with Gasteiger partial charge in [-0.05, 0) is 80.0 Å². The normalized spacial score (nSPS) is 30.2. The highest BCUT2D eigenvalue weighted by Gasteiger charge is 2.64. The smallest absolute Gasteiger partial charge is 0.405 e. The Kier molecular flexibility index (Phi) is 10.4. The highest BCUT2D eigenvalue weighted by Crippen LogP contribution is 2.48. The van der Waals surface area contributed by atoms with E-state index >= 15 is 0 Å². The van der Waals surface area contributed by atoms with Crippen molar-refractivity contribution in [1.29, 1.82) is 0 Å². The van der Waals surface area contributed by atoms with Crippen molar-refractivity contribution in [2.24, 2.45) is 17.8 Å². The van der Waals surface area contributed by atoms with Gasteiger partial charge in [0.2, 0.25) is 27.7 Å². The summed E-state index contributed by atoms with van der Waals surface area (Å²) in [5.74, 6) is -2.62. The molecule has 3 fully saturated rings. The van der Waals surface area contributed by atoms with E-state index < -0.39 is 80.8 Å². The fourth-order valence-electron chi connectivity index (χ4n) is 7.43. The number of sulfonamides is 1. The van der Waals surface area contributed by atoms with E-state index in [-0.39, 0.29) is 49.2 Å². The van der Waals surface area contributed by atoms with Crippen molar-refractivity contribution in [3.05, 3.63) is 41.6 Å². The number of carbonyl (C=O) groups is 4. The van der Waals surface area contributed by atoms with Gasteiger partial charge < -0.3 is 30.1 Å². The monoisotopic (exact) mass is 763 g/mol. The van der Waals surface area contributed by atoms with Gasteiger partial charge in [0.05, 0.1) is 13.7 Å². The number of rotatable bonds is 8. The summed E-state index contributed by atoms with van der Waals surface area (Å²) in [6, 6.07) is 4.38. The third-order valence-electron chi connectivity index (χ3n) is 10.8. The van der Waals surface area contributed by atoms with Crippen LogP contribution in [0.4, 0.5) is 9.18 Å². The SMILES string of the molecule is COc1ccc2c(O[C@@H]3C[C@H]4C(=O)N[C@]5(C(=O)NS(=O)(=O)C6(CF)CC6)C[C@H]5C=CCC[C@H](C)C[C@@H](C)[C@H](NC(=O)O)C(=O)N4C3)nc(Cl)cc2c1. The third-order valence-corrected chi connectivity index (χ3v) is 13.1. The standard InChI is InChI=1S/C35H43ClFN5O9S/c1-19-6-4-5-7-22-16-35(22,32(45)41-52(48,49)34(18-37)10-11-34)40-29(43)26-15-24(17-42(26)31(44)28(20(2)12-19)39-33(46)47)51-30-25-9-8-23(50-3)13-21(25)14-27(36)38-30/h5,7-9,13-14,19-20,22,24,26,28,39H,4,6,10-12,15-18H2,1-3H3,(H,40,43)(H,41,45)(H,46,47)/t19-,20+,22+,24+,26-,28-,35+/m0/s1. The summed E-state index contributed by atoms with van der Waals surface area (Å²) in [7, 11) is -2.87. The Morgan fingerprint density at radius 1 is 1.19 bits per heavy atom. The molecule has 2 saturated carbocycles.